The van der Waals surface area contributed by atoms with Crippen molar-refractivity contribution in [3.8, 4) is 0 Å². The summed E-state index contributed by atoms with van der Waals surface area (Å²) >= 11 is 0. The number of nitrogens with zero attached hydrogens (tertiary/aromatic N) is 2. The van der Waals surface area contributed by atoms with Gasteiger partial charge in [-0.2, -0.15) is 13.2 Å². The van der Waals surface area contributed by atoms with Crippen LogP contribution in [0.15, 0.2) is 18.2 Å². The molecule has 0 radical (unpaired) electrons. The Morgan fingerprint density at radius 2 is 1.73 bits per heavy atom. The van der Waals surface area contributed by atoms with Gasteiger partial charge in [-0.3, -0.25) is 4.90 Å². The highest BCUT2D eigenvalue weighted by Gasteiger charge is 2.41. The zero-order chi connectivity index (χ0) is 22.9. The minimum absolute atomic E-state index is 0.0444. The second-order valence-electron chi connectivity index (χ2n) is 8.86. The fourth-order valence-corrected chi connectivity index (χ4v) is 4.02. The number of piperazine rings is 1. The molecule has 1 aromatic rings. The van der Waals surface area contributed by atoms with Gasteiger partial charge in [0, 0.05) is 31.2 Å². The summed E-state index contributed by atoms with van der Waals surface area (Å²) in [5.74, 6) is -0.911. The molecule has 0 aliphatic carbocycles. The number of hydrogen-bond donors (Lipinski definition) is 0. The van der Waals surface area contributed by atoms with Gasteiger partial charge in [0.1, 0.15) is 11.4 Å². The van der Waals surface area contributed by atoms with Crippen molar-refractivity contribution in [1.82, 2.24) is 9.80 Å². The summed E-state index contributed by atoms with van der Waals surface area (Å²) < 4.78 is 59.7. The van der Waals surface area contributed by atoms with E-state index in [1.165, 1.54) is 6.07 Å². The number of amides is 1. The van der Waals surface area contributed by atoms with Gasteiger partial charge in [0.25, 0.3) is 0 Å². The molecule has 1 aliphatic rings. The van der Waals surface area contributed by atoms with Crippen LogP contribution < -0.4 is 0 Å². The second kappa shape index (κ2) is 9.12. The van der Waals surface area contributed by atoms with Crippen molar-refractivity contribution in [2.75, 3.05) is 13.1 Å². The highest BCUT2D eigenvalue weighted by Crippen LogP contribution is 2.38. The number of carbonyl (C=O) groups is 1. The summed E-state index contributed by atoms with van der Waals surface area (Å²) in [7, 11) is 0. The van der Waals surface area contributed by atoms with Crippen molar-refractivity contribution in [1.29, 1.82) is 0 Å². The normalized spacial score (nSPS) is 22.1. The molecule has 1 fully saturated rings. The van der Waals surface area contributed by atoms with E-state index in [9.17, 15) is 22.4 Å². The predicted molar refractivity (Wildman–Crippen MR) is 108 cm³/mol. The molecular formula is C22H32F4N2O2. The van der Waals surface area contributed by atoms with Crippen LogP contribution in [0.5, 0.6) is 0 Å². The van der Waals surface area contributed by atoms with Crippen molar-refractivity contribution in [3.63, 3.8) is 0 Å². The third kappa shape index (κ3) is 5.65. The van der Waals surface area contributed by atoms with E-state index in [2.05, 4.69) is 0 Å². The molecule has 0 spiro atoms. The summed E-state index contributed by atoms with van der Waals surface area (Å²) in [6.07, 6.45) is -3.75. The number of halogens is 4. The molecule has 30 heavy (non-hydrogen) atoms. The molecule has 0 saturated carbocycles. The SMILES string of the molecule is CC[C@H]1CN(C(C)c2ccc(F)cc2C(F)(F)F)[C@H](CC)CN1C(=O)OC(C)(C)C. The molecule has 1 heterocycles. The van der Waals surface area contributed by atoms with Crippen LogP contribution in [0.25, 0.3) is 0 Å². The van der Waals surface area contributed by atoms with Crippen molar-refractivity contribution in [2.24, 2.45) is 0 Å². The van der Waals surface area contributed by atoms with E-state index in [4.69, 9.17) is 4.74 Å². The van der Waals surface area contributed by atoms with E-state index in [0.29, 0.717) is 32.0 Å². The first-order chi connectivity index (χ1) is 13.8. The van der Waals surface area contributed by atoms with Crippen LogP contribution in [0.3, 0.4) is 0 Å². The van der Waals surface area contributed by atoms with Crippen LogP contribution in [0.2, 0.25) is 0 Å². The highest BCUT2D eigenvalue weighted by molar-refractivity contribution is 5.69. The Morgan fingerprint density at radius 1 is 1.13 bits per heavy atom. The van der Waals surface area contributed by atoms with Gasteiger partial charge in [0.05, 0.1) is 5.56 Å². The molecule has 0 aromatic heterocycles. The zero-order valence-corrected chi connectivity index (χ0v) is 18.5. The number of carbonyl (C=O) groups excluding carboxylic acids is 1. The minimum atomic E-state index is -4.64. The number of ether oxygens (including phenoxy) is 1. The van der Waals surface area contributed by atoms with Gasteiger partial charge in [-0.05, 0) is 58.2 Å². The Balaban J connectivity index is 2.34. The Hall–Kier alpha value is -1.83. The lowest BCUT2D eigenvalue weighted by Crippen LogP contribution is -2.60. The smallest absolute Gasteiger partial charge is 0.416 e. The van der Waals surface area contributed by atoms with E-state index < -0.39 is 35.3 Å². The van der Waals surface area contributed by atoms with Crippen LogP contribution in [0.1, 0.15) is 71.6 Å². The zero-order valence-electron chi connectivity index (χ0n) is 18.5. The van der Waals surface area contributed by atoms with E-state index >= 15 is 0 Å². The first-order valence-corrected chi connectivity index (χ1v) is 10.4. The first-order valence-electron chi connectivity index (χ1n) is 10.4. The van der Waals surface area contributed by atoms with Crippen LogP contribution in [-0.2, 0) is 10.9 Å². The average molecular weight is 433 g/mol. The lowest BCUT2D eigenvalue weighted by Gasteiger charge is -2.48. The summed E-state index contributed by atoms with van der Waals surface area (Å²) in [6.45, 7) is 11.8. The molecule has 1 saturated heterocycles. The third-order valence-corrected chi connectivity index (χ3v) is 5.58. The Morgan fingerprint density at radius 3 is 2.23 bits per heavy atom. The van der Waals surface area contributed by atoms with Gasteiger partial charge in [-0.1, -0.05) is 19.9 Å². The van der Waals surface area contributed by atoms with E-state index in [1.54, 1.807) is 32.6 Å². The Labute approximate surface area is 176 Å². The molecule has 0 N–H and O–H groups in total. The molecule has 1 aromatic carbocycles. The first kappa shape index (κ1) is 24.4. The van der Waals surface area contributed by atoms with E-state index in [0.717, 1.165) is 6.07 Å². The number of benzene rings is 1. The molecule has 3 atom stereocenters. The van der Waals surface area contributed by atoms with Gasteiger partial charge in [0.2, 0.25) is 0 Å². The Bertz CT molecular complexity index is 746. The number of hydrogen-bond acceptors (Lipinski definition) is 3. The predicted octanol–water partition coefficient (Wildman–Crippen LogP) is 6.02. The molecule has 170 valence electrons. The van der Waals surface area contributed by atoms with Crippen molar-refractivity contribution in [3.05, 3.63) is 35.1 Å². The Kier molecular flexibility index (Phi) is 7.43. The van der Waals surface area contributed by atoms with E-state index in [1.807, 2.05) is 18.7 Å². The molecule has 8 heteroatoms. The van der Waals surface area contributed by atoms with Crippen molar-refractivity contribution in [2.45, 2.75) is 84.3 Å². The standard InChI is InChI=1S/C22H32F4N2O2/c1-7-16-13-28(20(29)30-21(4,5)6)17(8-2)12-27(16)14(3)18-10-9-15(23)11-19(18)22(24,25)26/h9-11,14,16-17H,7-8,12-13H2,1-6H3/t14?,16-,17+/m1/s1. The summed E-state index contributed by atoms with van der Waals surface area (Å²) in [5, 5.41) is 0. The lowest BCUT2D eigenvalue weighted by atomic mass is 9.94. The van der Waals surface area contributed by atoms with Gasteiger partial charge < -0.3 is 9.64 Å². The molecular weight excluding hydrogens is 400 g/mol. The summed E-state index contributed by atoms with van der Waals surface area (Å²) in [6, 6.07) is 1.94. The van der Waals surface area contributed by atoms with Gasteiger partial charge >= 0.3 is 12.3 Å². The van der Waals surface area contributed by atoms with Crippen LogP contribution in [0.4, 0.5) is 22.4 Å². The van der Waals surface area contributed by atoms with Crippen LogP contribution in [-0.4, -0.2) is 46.7 Å². The van der Waals surface area contributed by atoms with Gasteiger partial charge in [0.15, 0.2) is 0 Å². The molecule has 0 bridgehead atoms. The monoisotopic (exact) mass is 432 g/mol. The van der Waals surface area contributed by atoms with Crippen LogP contribution in [0, 0.1) is 5.82 Å². The fraction of sp³-hybridized carbons (Fsp3) is 0.682. The minimum Gasteiger partial charge on any atom is -0.444 e. The maximum atomic E-state index is 13.5. The maximum absolute atomic E-state index is 13.5. The quantitative estimate of drug-likeness (QED) is 0.546. The molecule has 1 amide bonds. The topological polar surface area (TPSA) is 32.8 Å². The highest BCUT2D eigenvalue weighted by atomic mass is 19.4. The van der Waals surface area contributed by atoms with E-state index in [-0.39, 0.29) is 17.6 Å². The molecule has 2 rings (SSSR count). The lowest BCUT2D eigenvalue weighted by molar-refractivity contribution is -0.139. The molecule has 1 aliphatic heterocycles. The molecule has 4 nitrogen and oxygen atoms in total. The van der Waals surface area contributed by atoms with Gasteiger partial charge in [-0.25, -0.2) is 9.18 Å². The summed E-state index contributed by atoms with van der Waals surface area (Å²) in [5.41, 5.74) is -1.53. The largest absolute Gasteiger partial charge is 0.444 e. The maximum Gasteiger partial charge on any atom is 0.416 e. The van der Waals surface area contributed by atoms with Crippen molar-refractivity contribution >= 4 is 6.09 Å². The third-order valence-electron chi connectivity index (χ3n) is 5.58. The van der Waals surface area contributed by atoms with Crippen molar-refractivity contribution < 1.29 is 27.1 Å². The summed E-state index contributed by atoms with van der Waals surface area (Å²) in [4.78, 5) is 16.4. The second-order valence-corrected chi connectivity index (χ2v) is 8.86. The molecule has 1 unspecified atom stereocenters. The van der Waals surface area contributed by atoms with Crippen LogP contribution >= 0.6 is 0 Å². The average Bonchev–Trinajstić information content (AvgIpc) is 2.64. The van der Waals surface area contributed by atoms with Gasteiger partial charge in [-0.15, -0.1) is 0 Å². The number of rotatable bonds is 4. The number of alkyl halides is 3. The fourth-order valence-electron chi connectivity index (χ4n) is 4.02.